The lowest BCUT2D eigenvalue weighted by Crippen LogP contribution is -1.99. The maximum absolute atomic E-state index is 14.5. The summed E-state index contributed by atoms with van der Waals surface area (Å²) in [5.41, 5.74) is 1.69. The van der Waals surface area contributed by atoms with E-state index in [0.717, 1.165) is 17.7 Å². The summed E-state index contributed by atoms with van der Waals surface area (Å²) < 4.78 is 69.8. The van der Waals surface area contributed by atoms with Gasteiger partial charge in [0.05, 0.1) is 5.56 Å². The Morgan fingerprint density at radius 1 is 0.594 bits per heavy atom. The third kappa shape index (κ3) is 4.65. The molecule has 4 rings (SSSR count). The Bertz CT molecular complexity index is 1370. The molecule has 0 aliphatic carbocycles. The monoisotopic (exact) mass is 436 g/mol. The molecule has 0 spiro atoms. The Hall–Kier alpha value is -3.65. The van der Waals surface area contributed by atoms with Gasteiger partial charge in [-0.15, -0.1) is 0 Å². The molecule has 0 saturated carbocycles. The molecule has 0 aliphatic heterocycles. The van der Waals surface area contributed by atoms with Crippen LogP contribution in [0.15, 0.2) is 60.7 Å². The zero-order valence-electron chi connectivity index (χ0n) is 17.1. The van der Waals surface area contributed by atoms with Gasteiger partial charge in [-0.2, -0.15) is 0 Å². The van der Waals surface area contributed by atoms with E-state index in [2.05, 4.69) is 11.8 Å². The molecule has 0 aliphatic rings. The zero-order valence-corrected chi connectivity index (χ0v) is 17.1. The standard InChI is InChI=1S/C27H17F5/c1-16-2-6-19(23(28)10-16)7-4-18-12-24(29)22(25(30)13-18)9-5-17-3-8-20-14-26(31)27(32)15-21(20)11-17/h2-3,6,8,10-15H,4,7H2,1H3. The quantitative estimate of drug-likeness (QED) is 0.239. The maximum Gasteiger partial charge on any atom is 0.159 e. The highest BCUT2D eigenvalue weighted by Gasteiger charge is 2.11. The van der Waals surface area contributed by atoms with E-state index in [1.54, 1.807) is 31.2 Å². The van der Waals surface area contributed by atoms with Gasteiger partial charge < -0.3 is 0 Å². The van der Waals surface area contributed by atoms with Crippen LogP contribution >= 0.6 is 0 Å². The summed E-state index contributed by atoms with van der Waals surface area (Å²) in [6.07, 6.45) is 0.582. The minimum atomic E-state index is -0.985. The van der Waals surface area contributed by atoms with Crippen molar-refractivity contribution in [2.24, 2.45) is 0 Å². The number of rotatable bonds is 3. The number of halogens is 5. The summed E-state index contributed by atoms with van der Waals surface area (Å²) in [4.78, 5) is 0. The molecule has 0 unspecified atom stereocenters. The van der Waals surface area contributed by atoms with E-state index in [1.165, 1.54) is 24.3 Å². The number of aryl methyl sites for hydroxylation is 3. The lowest BCUT2D eigenvalue weighted by Gasteiger charge is -2.06. The zero-order chi connectivity index (χ0) is 22.8. The van der Waals surface area contributed by atoms with Crippen LogP contribution < -0.4 is 0 Å². The largest absolute Gasteiger partial charge is 0.207 e. The first-order valence-corrected chi connectivity index (χ1v) is 9.94. The van der Waals surface area contributed by atoms with Gasteiger partial charge in [-0.1, -0.05) is 30.0 Å². The molecule has 0 amide bonds. The van der Waals surface area contributed by atoms with Gasteiger partial charge in [0.25, 0.3) is 0 Å². The highest BCUT2D eigenvalue weighted by atomic mass is 19.2. The molecule has 0 heterocycles. The lowest BCUT2D eigenvalue weighted by molar-refractivity contribution is 0.511. The molecule has 32 heavy (non-hydrogen) atoms. The van der Waals surface area contributed by atoms with Crippen molar-refractivity contribution in [3.8, 4) is 11.8 Å². The Labute approximate surface area is 182 Å². The smallest absolute Gasteiger partial charge is 0.159 e. The van der Waals surface area contributed by atoms with Gasteiger partial charge in [0, 0.05) is 5.56 Å². The van der Waals surface area contributed by atoms with E-state index >= 15 is 0 Å². The van der Waals surface area contributed by atoms with Crippen molar-refractivity contribution in [3.63, 3.8) is 0 Å². The third-order valence-corrected chi connectivity index (χ3v) is 5.20. The van der Waals surface area contributed by atoms with Crippen molar-refractivity contribution in [2.45, 2.75) is 19.8 Å². The molecule has 4 aromatic carbocycles. The van der Waals surface area contributed by atoms with E-state index in [-0.39, 0.29) is 17.8 Å². The topological polar surface area (TPSA) is 0 Å². The first-order valence-electron chi connectivity index (χ1n) is 9.94. The van der Waals surface area contributed by atoms with Gasteiger partial charge in [-0.3, -0.25) is 0 Å². The highest BCUT2D eigenvalue weighted by Crippen LogP contribution is 2.21. The second-order valence-corrected chi connectivity index (χ2v) is 7.61. The van der Waals surface area contributed by atoms with E-state index in [4.69, 9.17) is 0 Å². The lowest BCUT2D eigenvalue weighted by atomic mass is 10.0. The summed E-state index contributed by atoms with van der Waals surface area (Å²) in [7, 11) is 0. The van der Waals surface area contributed by atoms with Crippen molar-refractivity contribution < 1.29 is 22.0 Å². The molecular weight excluding hydrogens is 419 g/mol. The first-order chi connectivity index (χ1) is 15.3. The van der Waals surface area contributed by atoms with Crippen molar-refractivity contribution in [1.82, 2.24) is 0 Å². The summed E-state index contributed by atoms with van der Waals surface area (Å²) >= 11 is 0. The molecule has 0 N–H and O–H groups in total. The van der Waals surface area contributed by atoms with Crippen molar-refractivity contribution in [1.29, 1.82) is 0 Å². The molecule has 4 aromatic rings. The summed E-state index contributed by atoms with van der Waals surface area (Å²) in [6, 6.07) is 14.0. The van der Waals surface area contributed by atoms with Crippen LogP contribution in [0.5, 0.6) is 0 Å². The number of benzene rings is 4. The predicted octanol–water partition coefficient (Wildman–Crippen LogP) is 7.03. The average Bonchev–Trinajstić information content (AvgIpc) is 2.73. The van der Waals surface area contributed by atoms with Gasteiger partial charge in [0.15, 0.2) is 11.6 Å². The molecule has 0 radical (unpaired) electrons. The van der Waals surface area contributed by atoms with Crippen LogP contribution in [0.25, 0.3) is 10.8 Å². The van der Waals surface area contributed by atoms with Crippen LogP contribution in [-0.4, -0.2) is 0 Å². The number of hydrogen-bond acceptors (Lipinski definition) is 0. The summed E-state index contributed by atoms with van der Waals surface area (Å²) in [6.45, 7) is 1.79. The van der Waals surface area contributed by atoms with Gasteiger partial charge in [-0.05, 0) is 89.7 Å². The maximum atomic E-state index is 14.5. The van der Waals surface area contributed by atoms with E-state index < -0.39 is 23.3 Å². The Morgan fingerprint density at radius 2 is 1.28 bits per heavy atom. The van der Waals surface area contributed by atoms with Crippen LogP contribution in [0, 0.1) is 47.9 Å². The SMILES string of the molecule is Cc1ccc(CCc2cc(F)c(C#Cc3ccc4cc(F)c(F)cc4c3)c(F)c2)c(F)c1. The molecule has 0 atom stereocenters. The fourth-order valence-corrected chi connectivity index (χ4v) is 3.48. The normalized spacial score (nSPS) is 10.8. The second kappa shape index (κ2) is 8.84. The van der Waals surface area contributed by atoms with Crippen molar-refractivity contribution in [2.75, 3.05) is 0 Å². The van der Waals surface area contributed by atoms with E-state index in [9.17, 15) is 22.0 Å². The summed E-state index contributed by atoms with van der Waals surface area (Å²) in [5, 5.41) is 0.913. The van der Waals surface area contributed by atoms with E-state index in [0.29, 0.717) is 33.9 Å². The molecule has 0 fully saturated rings. The van der Waals surface area contributed by atoms with Gasteiger partial charge >= 0.3 is 0 Å². The minimum Gasteiger partial charge on any atom is -0.207 e. The van der Waals surface area contributed by atoms with Crippen LogP contribution in [0.3, 0.4) is 0 Å². The molecule has 160 valence electrons. The number of fused-ring (bicyclic) bond motifs is 1. The second-order valence-electron chi connectivity index (χ2n) is 7.61. The van der Waals surface area contributed by atoms with Crippen LogP contribution in [0.4, 0.5) is 22.0 Å². The third-order valence-electron chi connectivity index (χ3n) is 5.20. The molecule has 0 aromatic heterocycles. The predicted molar refractivity (Wildman–Crippen MR) is 115 cm³/mol. The van der Waals surface area contributed by atoms with Crippen molar-refractivity contribution in [3.05, 3.63) is 118 Å². The molecule has 0 saturated heterocycles. The van der Waals surface area contributed by atoms with Crippen molar-refractivity contribution >= 4 is 10.8 Å². The molecule has 0 bridgehead atoms. The molecule has 0 nitrogen and oxygen atoms in total. The van der Waals surface area contributed by atoms with Gasteiger partial charge in [0.2, 0.25) is 0 Å². The Balaban J connectivity index is 1.56. The number of hydrogen-bond donors (Lipinski definition) is 0. The van der Waals surface area contributed by atoms with Crippen LogP contribution in [-0.2, 0) is 12.8 Å². The molecular formula is C27H17F5. The minimum absolute atomic E-state index is 0.272. The average molecular weight is 436 g/mol. The Kier molecular flexibility index (Phi) is 5.96. The van der Waals surface area contributed by atoms with Gasteiger partial charge in [-0.25, -0.2) is 22.0 Å². The van der Waals surface area contributed by atoms with Gasteiger partial charge in [0.1, 0.15) is 17.5 Å². The highest BCUT2D eigenvalue weighted by molar-refractivity contribution is 5.84. The van der Waals surface area contributed by atoms with Crippen LogP contribution in [0.2, 0.25) is 0 Å². The summed E-state index contributed by atoms with van der Waals surface area (Å²) in [5.74, 6) is 1.23. The fourth-order valence-electron chi connectivity index (χ4n) is 3.48. The first kappa shape index (κ1) is 21.6. The molecule has 5 heteroatoms. The Morgan fingerprint density at radius 3 is 1.97 bits per heavy atom. The fraction of sp³-hybridized carbons (Fsp3) is 0.111. The van der Waals surface area contributed by atoms with Crippen LogP contribution in [0.1, 0.15) is 27.8 Å². The van der Waals surface area contributed by atoms with E-state index in [1.807, 2.05) is 0 Å².